The van der Waals surface area contributed by atoms with Crippen molar-refractivity contribution in [2.24, 2.45) is 0 Å². The minimum atomic E-state index is -0.532. The molecule has 0 saturated heterocycles. The van der Waals surface area contributed by atoms with Gasteiger partial charge in [0.1, 0.15) is 6.61 Å². The zero-order valence-electron chi connectivity index (χ0n) is 12.4. The summed E-state index contributed by atoms with van der Waals surface area (Å²) in [5.74, 6) is -0.532. The molecule has 0 amide bonds. The van der Waals surface area contributed by atoms with Crippen LogP contribution in [0.2, 0.25) is 10.0 Å². The standard InChI is InChI=1S/C17H12Cl2N2O3/c18-13-6-5-11(9-14(13)19)17(23)24-8-7-21-10-20-15-4-2-1-3-12(15)16(21)22/h1-6,9-10H,7-8H2. The Morgan fingerprint density at radius 2 is 1.92 bits per heavy atom. The van der Waals surface area contributed by atoms with Crippen LogP contribution < -0.4 is 5.56 Å². The van der Waals surface area contributed by atoms with Crippen molar-refractivity contribution in [3.63, 3.8) is 0 Å². The van der Waals surface area contributed by atoms with E-state index in [2.05, 4.69) is 4.98 Å². The number of hydrogen-bond donors (Lipinski definition) is 0. The number of rotatable bonds is 4. The van der Waals surface area contributed by atoms with Gasteiger partial charge in [-0.1, -0.05) is 35.3 Å². The molecule has 0 saturated carbocycles. The van der Waals surface area contributed by atoms with E-state index in [-0.39, 0.29) is 23.7 Å². The van der Waals surface area contributed by atoms with Gasteiger partial charge < -0.3 is 4.74 Å². The summed E-state index contributed by atoms with van der Waals surface area (Å²) in [7, 11) is 0. The van der Waals surface area contributed by atoms with E-state index in [1.807, 2.05) is 6.07 Å². The zero-order chi connectivity index (χ0) is 17.1. The van der Waals surface area contributed by atoms with E-state index >= 15 is 0 Å². The fraction of sp³-hybridized carbons (Fsp3) is 0.118. The van der Waals surface area contributed by atoms with Gasteiger partial charge in [-0.3, -0.25) is 9.36 Å². The van der Waals surface area contributed by atoms with E-state index in [0.717, 1.165) is 0 Å². The van der Waals surface area contributed by atoms with Crippen molar-refractivity contribution in [1.82, 2.24) is 9.55 Å². The van der Waals surface area contributed by atoms with Gasteiger partial charge in [-0.05, 0) is 30.3 Å². The van der Waals surface area contributed by atoms with Crippen LogP contribution in [0.5, 0.6) is 0 Å². The highest BCUT2D eigenvalue weighted by atomic mass is 35.5. The molecule has 0 fully saturated rings. The molecule has 5 nitrogen and oxygen atoms in total. The lowest BCUT2D eigenvalue weighted by molar-refractivity contribution is 0.0490. The van der Waals surface area contributed by atoms with Gasteiger partial charge in [0.2, 0.25) is 0 Å². The average Bonchev–Trinajstić information content (AvgIpc) is 2.59. The number of carbonyl (C=O) groups excluding carboxylic acids is 1. The van der Waals surface area contributed by atoms with E-state index in [0.29, 0.717) is 21.5 Å². The fourth-order valence-corrected chi connectivity index (χ4v) is 2.51. The van der Waals surface area contributed by atoms with Crippen LogP contribution in [0.1, 0.15) is 10.4 Å². The van der Waals surface area contributed by atoms with E-state index in [1.165, 1.54) is 29.1 Å². The molecule has 122 valence electrons. The first-order chi connectivity index (χ1) is 11.6. The van der Waals surface area contributed by atoms with E-state index in [1.54, 1.807) is 18.2 Å². The van der Waals surface area contributed by atoms with Crippen molar-refractivity contribution < 1.29 is 9.53 Å². The molecule has 1 aromatic heterocycles. The molecule has 0 aliphatic rings. The van der Waals surface area contributed by atoms with Gasteiger partial charge in [0.15, 0.2) is 0 Å². The number of aromatic nitrogens is 2. The van der Waals surface area contributed by atoms with Crippen LogP contribution >= 0.6 is 23.2 Å². The smallest absolute Gasteiger partial charge is 0.338 e. The predicted molar refractivity (Wildman–Crippen MR) is 92.7 cm³/mol. The molecule has 1 heterocycles. The van der Waals surface area contributed by atoms with Crippen LogP contribution in [0.15, 0.2) is 53.6 Å². The second kappa shape index (κ2) is 7.03. The summed E-state index contributed by atoms with van der Waals surface area (Å²) in [5, 5.41) is 1.17. The number of para-hydroxylation sites is 1. The molecule has 2 aromatic carbocycles. The summed E-state index contributed by atoms with van der Waals surface area (Å²) >= 11 is 11.7. The summed E-state index contributed by atoms with van der Waals surface area (Å²) in [6, 6.07) is 11.6. The van der Waals surface area contributed by atoms with Gasteiger partial charge >= 0.3 is 5.97 Å². The maximum Gasteiger partial charge on any atom is 0.338 e. The topological polar surface area (TPSA) is 61.2 Å². The van der Waals surface area contributed by atoms with Crippen molar-refractivity contribution in [2.45, 2.75) is 6.54 Å². The summed E-state index contributed by atoms with van der Waals surface area (Å²) < 4.78 is 6.57. The van der Waals surface area contributed by atoms with Crippen molar-refractivity contribution in [3.05, 3.63) is 74.8 Å². The largest absolute Gasteiger partial charge is 0.460 e. The lowest BCUT2D eigenvalue weighted by Gasteiger charge is -2.08. The highest BCUT2D eigenvalue weighted by molar-refractivity contribution is 6.42. The zero-order valence-corrected chi connectivity index (χ0v) is 13.9. The number of hydrogen-bond acceptors (Lipinski definition) is 4. The summed E-state index contributed by atoms with van der Waals surface area (Å²) in [4.78, 5) is 28.5. The summed E-state index contributed by atoms with van der Waals surface area (Å²) in [6.07, 6.45) is 1.44. The molecule has 0 aliphatic heterocycles. The van der Waals surface area contributed by atoms with Crippen molar-refractivity contribution in [1.29, 1.82) is 0 Å². The molecule has 0 unspecified atom stereocenters. The number of halogens is 2. The maximum absolute atomic E-state index is 12.3. The predicted octanol–water partition coefficient (Wildman–Crippen LogP) is 3.56. The minimum absolute atomic E-state index is 0.0407. The highest BCUT2D eigenvalue weighted by Gasteiger charge is 2.10. The first kappa shape index (κ1) is 16.5. The Balaban J connectivity index is 1.68. The number of ether oxygens (including phenoxy) is 1. The number of fused-ring (bicyclic) bond motifs is 1. The maximum atomic E-state index is 12.3. The van der Waals surface area contributed by atoms with Crippen molar-refractivity contribution in [3.8, 4) is 0 Å². The van der Waals surface area contributed by atoms with Crippen LogP contribution in [0.4, 0.5) is 0 Å². The molecular formula is C17H12Cl2N2O3. The Morgan fingerprint density at radius 1 is 1.12 bits per heavy atom. The van der Waals surface area contributed by atoms with E-state index in [4.69, 9.17) is 27.9 Å². The van der Waals surface area contributed by atoms with Gasteiger partial charge in [-0.15, -0.1) is 0 Å². The summed E-state index contributed by atoms with van der Waals surface area (Å²) in [6.45, 7) is 0.253. The normalized spacial score (nSPS) is 10.8. The van der Waals surface area contributed by atoms with Crippen LogP contribution in [0.3, 0.4) is 0 Å². The first-order valence-corrected chi connectivity index (χ1v) is 7.88. The highest BCUT2D eigenvalue weighted by Crippen LogP contribution is 2.22. The molecule has 7 heteroatoms. The van der Waals surface area contributed by atoms with Gasteiger partial charge in [0.05, 0.1) is 39.4 Å². The molecule has 0 spiro atoms. The lowest BCUT2D eigenvalue weighted by Crippen LogP contribution is -2.23. The molecule has 24 heavy (non-hydrogen) atoms. The second-order valence-electron chi connectivity index (χ2n) is 5.03. The van der Waals surface area contributed by atoms with Gasteiger partial charge in [-0.2, -0.15) is 0 Å². The number of carbonyl (C=O) groups is 1. The van der Waals surface area contributed by atoms with Crippen LogP contribution in [-0.2, 0) is 11.3 Å². The second-order valence-corrected chi connectivity index (χ2v) is 5.84. The lowest BCUT2D eigenvalue weighted by atomic mass is 10.2. The third kappa shape index (κ3) is 3.42. The Morgan fingerprint density at radius 3 is 2.71 bits per heavy atom. The van der Waals surface area contributed by atoms with Gasteiger partial charge in [0.25, 0.3) is 5.56 Å². The molecule has 0 atom stereocenters. The number of esters is 1. The fourth-order valence-electron chi connectivity index (χ4n) is 2.21. The Bertz CT molecular complexity index is 969. The monoisotopic (exact) mass is 362 g/mol. The molecular weight excluding hydrogens is 351 g/mol. The van der Waals surface area contributed by atoms with Crippen LogP contribution in [-0.4, -0.2) is 22.1 Å². The SMILES string of the molecule is O=C(OCCn1cnc2ccccc2c1=O)c1ccc(Cl)c(Cl)c1. The van der Waals surface area contributed by atoms with E-state index in [9.17, 15) is 9.59 Å². The quantitative estimate of drug-likeness (QED) is 0.665. The number of benzene rings is 2. The molecule has 0 aliphatic carbocycles. The third-order valence-corrected chi connectivity index (χ3v) is 4.19. The van der Waals surface area contributed by atoms with Gasteiger partial charge in [0, 0.05) is 0 Å². The average molecular weight is 363 g/mol. The molecule has 0 N–H and O–H groups in total. The summed E-state index contributed by atoms with van der Waals surface area (Å²) in [5.41, 5.74) is 0.756. The molecule has 3 rings (SSSR count). The van der Waals surface area contributed by atoms with Gasteiger partial charge in [-0.25, -0.2) is 9.78 Å². The third-order valence-electron chi connectivity index (χ3n) is 3.45. The van der Waals surface area contributed by atoms with E-state index < -0.39 is 5.97 Å². The molecule has 0 radical (unpaired) electrons. The van der Waals surface area contributed by atoms with Crippen molar-refractivity contribution in [2.75, 3.05) is 6.61 Å². The minimum Gasteiger partial charge on any atom is -0.460 e. The molecule has 3 aromatic rings. The van der Waals surface area contributed by atoms with Crippen molar-refractivity contribution >= 4 is 40.1 Å². The Labute approximate surface area is 147 Å². The van der Waals surface area contributed by atoms with Crippen LogP contribution in [0.25, 0.3) is 10.9 Å². The Kier molecular flexibility index (Phi) is 4.83. The first-order valence-electron chi connectivity index (χ1n) is 7.12. The van der Waals surface area contributed by atoms with Crippen LogP contribution in [0, 0.1) is 0 Å². The Hall–Kier alpha value is -2.37. The molecule has 0 bridgehead atoms. The number of nitrogens with zero attached hydrogens (tertiary/aromatic N) is 2.